The van der Waals surface area contributed by atoms with Gasteiger partial charge in [0.2, 0.25) is 0 Å². The van der Waals surface area contributed by atoms with Crippen LogP contribution in [0.25, 0.3) is 5.70 Å². The number of aromatic nitrogens is 2. The fourth-order valence-electron chi connectivity index (χ4n) is 0.728. The van der Waals surface area contributed by atoms with Gasteiger partial charge in [-0.3, -0.25) is 5.32 Å². The largest absolute Gasteiger partial charge is 0.255 e. The lowest BCUT2D eigenvalue weighted by atomic mass is 10.3. The first kappa shape index (κ1) is 5.61. The predicted octanol–water partition coefficient (Wildman–Crippen LogP) is 1.01. The third-order valence-corrected chi connectivity index (χ3v) is 1.68. The Morgan fingerprint density at radius 2 is 2.40 bits per heavy atom. The zero-order valence-electron chi connectivity index (χ0n) is 5.06. The van der Waals surface area contributed by atoms with Gasteiger partial charge in [0.15, 0.2) is 0 Å². The lowest BCUT2D eigenvalue weighted by molar-refractivity contribution is 1.09. The van der Waals surface area contributed by atoms with Gasteiger partial charge >= 0.3 is 0 Å². The summed E-state index contributed by atoms with van der Waals surface area (Å²) < 4.78 is 3.73. The molecule has 0 saturated heterocycles. The van der Waals surface area contributed by atoms with Crippen molar-refractivity contribution in [2.75, 3.05) is 0 Å². The van der Waals surface area contributed by atoms with Gasteiger partial charge in [0.25, 0.3) is 0 Å². The van der Waals surface area contributed by atoms with E-state index in [9.17, 15) is 0 Å². The molecule has 1 aliphatic heterocycles. The Balaban J connectivity index is 2.30. The molecule has 4 heteroatoms. The van der Waals surface area contributed by atoms with Crippen LogP contribution in [-0.2, 0) is 0 Å². The van der Waals surface area contributed by atoms with Crippen LogP contribution in [0.1, 0.15) is 5.69 Å². The second-order valence-electron chi connectivity index (χ2n) is 1.81. The fourth-order valence-corrected chi connectivity index (χ4v) is 1.18. The van der Waals surface area contributed by atoms with Crippen molar-refractivity contribution in [1.82, 2.24) is 14.9 Å². The summed E-state index contributed by atoms with van der Waals surface area (Å²) in [5.74, 6) is 0. The molecule has 0 N–H and O–H groups in total. The number of nitrogens with zero attached hydrogens (tertiary/aromatic N) is 3. The molecule has 0 fully saturated rings. The number of allylic oxidation sites excluding steroid dienone is 2. The van der Waals surface area contributed by atoms with E-state index in [2.05, 4.69) is 14.9 Å². The molecule has 1 radical (unpaired) electrons. The summed E-state index contributed by atoms with van der Waals surface area (Å²) in [7, 11) is 0. The number of hydrogen-bond acceptors (Lipinski definition) is 3. The molecule has 1 aromatic heterocycles. The highest BCUT2D eigenvalue weighted by molar-refractivity contribution is 7.03. The minimum atomic E-state index is 0.856. The van der Waals surface area contributed by atoms with Crippen LogP contribution in [0.5, 0.6) is 0 Å². The van der Waals surface area contributed by atoms with Crippen molar-refractivity contribution in [2.45, 2.75) is 0 Å². The van der Waals surface area contributed by atoms with Gasteiger partial charge in [-0.15, -0.1) is 5.10 Å². The summed E-state index contributed by atoms with van der Waals surface area (Å²) in [6, 6.07) is 0. The van der Waals surface area contributed by atoms with Crippen molar-refractivity contribution in [2.24, 2.45) is 0 Å². The lowest BCUT2D eigenvalue weighted by Crippen LogP contribution is -1.91. The Morgan fingerprint density at radius 3 is 3.00 bits per heavy atom. The van der Waals surface area contributed by atoms with Gasteiger partial charge in [-0.05, 0) is 23.7 Å². The summed E-state index contributed by atoms with van der Waals surface area (Å²) in [6.07, 6.45) is 5.54. The molecule has 0 saturated carbocycles. The number of rotatable bonds is 1. The Bertz CT molecular complexity index is 273. The summed E-state index contributed by atoms with van der Waals surface area (Å²) >= 11 is 1.34. The van der Waals surface area contributed by atoms with Crippen molar-refractivity contribution < 1.29 is 0 Å². The van der Waals surface area contributed by atoms with E-state index in [1.165, 1.54) is 11.5 Å². The monoisotopic (exact) mass is 150 g/mol. The second kappa shape index (κ2) is 2.22. The second-order valence-corrected chi connectivity index (χ2v) is 2.42. The van der Waals surface area contributed by atoms with E-state index in [1.54, 1.807) is 6.20 Å². The van der Waals surface area contributed by atoms with Crippen molar-refractivity contribution in [3.05, 3.63) is 29.4 Å². The van der Waals surface area contributed by atoms with Crippen molar-refractivity contribution in [3.63, 3.8) is 0 Å². The van der Waals surface area contributed by atoms with E-state index in [0.717, 1.165) is 11.4 Å². The third-order valence-electron chi connectivity index (χ3n) is 1.18. The van der Waals surface area contributed by atoms with E-state index in [0.29, 0.717) is 0 Å². The molecule has 3 nitrogen and oxygen atoms in total. The van der Waals surface area contributed by atoms with Crippen molar-refractivity contribution in [1.29, 1.82) is 0 Å². The SMILES string of the molecule is C1=C[N]C(c2csnn2)=C1. The van der Waals surface area contributed by atoms with Crippen LogP contribution in [0.3, 0.4) is 0 Å². The Morgan fingerprint density at radius 1 is 1.40 bits per heavy atom. The minimum Gasteiger partial charge on any atom is -0.255 e. The summed E-state index contributed by atoms with van der Waals surface area (Å²) in [6.45, 7) is 0. The van der Waals surface area contributed by atoms with Crippen LogP contribution in [0.2, 0.25) is 0 Å². The molecule has 0 bridgehead atoms. The smallest absolute Gasteiger partial charge is 0.124 e. The van der Waals surface area contributed by atoms with Crippen molar-refractivity contribution >= 4 is 17.2 Å². The van der Waals surface area contributed by atoms with Gasteiger partial charge in [-0.1, -0.05) is 4.49 Å². The highest BCUT2D eigenvalue weighted by Crippen LogP contribution is 2.13. The van der Waals surface area contributed by atoms with E-state index in [-0.39, 0.29) is 0 Å². The van der Waals surface area contributed by atoms with E-state index < -0.39 is 0 Å². The maximum absolute atomic E-state index is 4.06. The first-order valence-corrected chi connectivity index (χ1v) is 3.65. The molecule has 49 valence electrons. The molecule has 1 aromatic rings. The van der Waals surface area contributed by atoms with Gasteiger partial charge < -0.3 is 0 Å². The Kier molecular flexibility index (Phi) is 1.25. The number of hydrogen-bond donors (Lipinski definition) is 0. The maximum atomic E-state index is 4.06. The zero-order chi connectivity index (χ0) is 6.81. The molecule has 0 amide bonds. The first-order chi connectivity index (χ1) is 4.97. The molecular weight excluding hydrogens is 146 g/mol. The molecule has 0 aromatic carbocycles. The summed E-state index contributed by atoms with van der Waals surface area (Å²) in [5.41, 5.74) is 1.75. The van der Waals surface area contributed by atoms with Gasteiger partial charge in [-0.25, -0.2) is 0 Å². The van der Waals surface area contributed by atoms with Gasteiger partial charge in [0, 0.05) is 11.6 Å². The topological polar surface area (TPSA) is 39.9 Å². The quantitative estimate of drug-likeness (QED) is 0.599. The van der Waals surface area contributed by atoms with Crippen LogP contribution < -0.4 is 5.32 Å². The predicted molar refractivity (Wildman–Crippen MR) is 39.2 cm³/mol. The van der Waals surface area contributed by atoms with E-state index in [4.69, 9.17) is 0 Å². The normalized spacial score (nSPS) is 15.0. The average Bonchev–Trinajstić information content (AvgIpc) is 2.59. The lowest BCUT2D eigenvalue weighted by Gasteiger charge is -1.90. The van der Waals surface area contributed by atoms with Crippen LogP contribution >= 0.6 is 11.5 Å². The Labute approximate surface area is 62.2 Å². The van der Waals surface area contributed by atoms with Crippen LogP contribution in [0.15, 0.2) is 23.7 Å². The molecular formula is C6H4N3S. The van der Waals surface area contributed by atoms with Gasteiger partial charge in [0.05, 0.1) is 5.70 Å². The molecule has 0 atom stereocenters. The molecule has 10 heavy (non-hydrogen) atoms. The minimum absolute atomic E-state index is 0.856. The maximum Gasteiger partial charge on any atom is 0.124 e. The van der Waals surface area contributed by atoms with Crippen LogP contribution in [0.4, 0.5) is 0 Å². The molecule has 2 heterocycles. The zero-order valence-corrected chi connectivity index (χ0v) is 5.88. The van der Waals surface area contributed by atoms with Gasteiger partial charge in [-0.2, -0.15) is 0 Å². The van der Waals surface area contributed by atoms with Crippen molar-refractivity contribution in [3.8, 4) is 0 Å². The standard InChI is InChI=1S/C6H4N3S/c1-2-5(7-3-1)6-4-10-9-8-6/h1-4H. The summed E-state index contributed by atoms with van der Waals surface area (Å²) in [4.78, 5) is 0. The third kappa shape index (κ3) is 0.823. The molecule has 0 aliphatic carbocycles. The molecule has 1 aliphatic rings. The molecule has 0 spiro atoms. The summed E-state index contributed by atoms with van der Waals surface area (Å²) in [5, 5.41) is 9.80. The highest BCUT2D eigenvalue weighted by Gasteiger charge is 2.05. The van der Waals surface area contributed by atoms with Gasteiger partial charge in [0.1, 0.15) is 5.69 Å². The fraction of sp³-hybridized carbons (Fsp3) is 0. The van der Waals surface area contributed by atoms with E-state index in [1.807, 2.05) is 17.5 Å². The average molecular weight is 150 g/mol. The van der Waals surface area contributed by atoms with Crippen LogP contribution in [0, 0.1) is 0 Å². The van der Waals surface area contributed by atoms with Crippen LogP contribution in [-0.4, -0.2) is 9.59 Å². The first-order valence-electron chi connectivity index (χ1n) is 2.82. The highest BCUT2D eigenvalue weighted by atomic mass is 32.1. The Hall–Kier alpha value is -1.16. The van der Waals surface area contributed by atoms with E-state index >= 15 is 0 Å². The molecule has 2 rings (SSSR count). The molecule has 0 unspecified atom stereocenters.